The summed E-state index contributed by atoms with van der Waals surface area (Å²) in [5, 5.41) is 21.2. The highest BCUT2D eigenvalue weighted by atomic mass is 16.4. The van der Waals surface area contributed by atoms with Crippen molar-refractivity contribution in [2.45, 2.75) is 44.8 Å². The van der Waals surface area contributed by atoms with Gasteiger partial charge in [0.1, 0.15) is 0 Å². The average Bonchev–Trinajstić information content (AvgIpc) is 2.35. The monoisotopic (exact) mass is 243 g/mol. The lowest BCUT2D eigenvalue weighted by molar-refractivity contribution is -0.137. The molecule has 17 heavy (non-hydrogen) atoms. The Morgan fingerprint density at radius 3 is 2.59 bits per heavy atom. The Morgan fingerprint density at radius 2 is 2.06 bits per heavy atom. The van der Waals surface area contributed by atoms with Crippen LogP contribution in [0.15, 0.2) is 5.16 Å². The molecule has 1 fully saturated rings. The Morgan fingerprint density at radius 1 is 1.47 bits per heavy atom. The molecule has 0 aliphatic heterocycles. The van der Waals surface area contributed by atoms with Gasteiger partial charge in [-0.25, -0.2) is 0 Å². The molecule has 1 amide bonds. The van der Waals surface area contributed by atoms with Crippen molar-refractivity contribution in [2.24, 2.45) is 16.8 Å². The fourth-order valence-electron chi connectivity index (χ4n) is 2.23. The summed E-state index contributed by atoms with van der Waals surface area (Å²) < 4.78 is 0. The topological polar surface area (TPSA) is 99.2 Å². The maximum absolute atomic E-state index is 12.0. The minimum Gasteiger partial charge on any atom is -0.409 e. The van der Waals surface area contributed by atoms with E-state index in [1.54, 1.807) is 14.0 Å². The molecule has 4 N–H and O–H groups in total. The highest BCUT2D eigenvalue weighted by molar-refractivity contribution is 6.01. The smallest absolute Gasteiger partial charge is 0.233 e. The van der Waals surface area contributed by atoms with Crippen molar-refractivity contribution in [1.29, 1.82) is 0 Å². The van der Waals surface area contributed by atoms with Crippen molar-refractivity contribution < 1.29 is 15.1 Å². The highest BCUT2D eigenvalue weighted by Crippen LogP contribution is 2.23. The van der Waals surface area contributed by atoms with Gasteiger partial charge >= 0.3 is 0 Å². The maximum atomic E-state index is 12.0. The Bertz CT molecular complexity index is 306. The third-order valence-electron chi connectivity index (χ3n) is 3.47. The van der Waals surface area contributed by atoms with E-state index in [9.17, 15) is 9.90 Å². The number of carbonyl (C=O) groups is 1. The van der Waals surface area contributed by atoms with E-state index in [1.165, 1.54) is 4.90 Å². The van der Waals surface area contributed by atoms with Gasteiger partial charge in [0.2, 0.25) is 5.91 Å². The molecule has 1 saturated carbocycles. The van der Waals surface area contributed by atoms with Gasteiger partial charge in [0.15, 0.2) is 5.84 Å². The van der Waals surface area contributed by atoms with Gasteiger partial charge in [0, 0.05) is 7.05 Å². The number of hydrogen-bond acceptors (Lipinski definition) is 4. The molecule has 1 rings (SSSR count). The normalized spacial score (nSPS) is 27.6. The molecule has 0 spiro atoms. The first-order chi connectivity index (χ1) is 7.99. The lowest BCUT2D eigenvalue weighted by atomic mass is 9.91. The van der Waals surface area contributed by atoms with Crippen molar-refractivity contribution >= 4 is 11.7 Å². The fraction of sp³-hybridized carbons (Fsp3) is 0.818. The number of carbonyl (C=O) groups excluding carboxylic acids is 1. The molecule has 1 aliphatic rings. The Kier molecular flexibility index (Phi) is 4.74. The lowest BCUT2D eigenvalue weighted by Crippen LogP contribution is -2.49. The van der Waals surface area contributed by atoms with Gasteiger partial charge in [-0.2, -0.15) is 0 Å². The van der Waals surface area contributed by atoms with Crippen molar-refractivity contribution in [2.75, 3.05) is 7.05 Å². The molecular formula is C11H21N3O3. The third-order valence-corrected chi connectivity index (χ3v) is 3.47. The second-order valence-corrected chi connectivity index (χ2v) is 4.61. The van der Waals surface area contributed by atoms with Crippen LogP contribution in [0.2, 0.25) is 0 Å². The number of amides is 1. The number of likely N-dealkylation sites (N-methyl/N-ethyl adjacent to an activating group) is 1. The Hall–Kier alpha value is -1.30. The predicted octanol–water partition coefficient (Wildman–Crippen LogP) is 0.131. The minimum atomic E-state index is -0.667. The summed E-state index contributed by atoms with van der Waals surface area (Å²) in [5.41, 5.74) is 5.41. The van der Waals surface area contributed by atoms with Gasteiger partial charge in [-0.15, -0.1) is 0 Å². The Balaban J connectivity index is 2.68. The van der Waals surface area contributed by atoms with Crippen LogP contribution >= 0.6 is 0 Å². The number of rotatable bonds is 3. The van der Waals surface area contributed by atoms with Crippen molar-refractivity contribution in [3.05, 3.63) is 0 Å². The van der Waals surface area contributed by atoms with Crippen molar-refractivity contribution in [3.63, 3.8) is 0 Å². The van der Waals surface area contributed by atoms with Crippen LogP contribution in [0.5, 0.6) is 0 Å². The van der Waals surface area contributed by atoms with E-state index in [2.05, 4.69) is 5.16 Å². The van der Waals surface area contributed by atoms with E-state index in [1.807, 2.05) is 0 Å². The van der Waals surface area contributed by atoms with E-state index in [4.69, 9.17) is 10.9 Å². The quantitative estimate of drug-likeness (QED) is 0.284. The summed E-state index contributed by atoms with van der Waals surface area (Å²) in [6, 6.07) is -0.162. The zero-order valence-electron chi connectivity index (χ0n) is 10.3. The summed E-state index contributed by atoms with van der Waals surface area (Å²) in [7, 11) is 1.66. The molecule has 0 saturated heterocycles. The largest absolute Gasteiger partial charge is 0.409 e. The van der Waals surface area contributed by atoms with Crippen LogP contribution in [0.25, 0.3) is 0 Å². The first kappa shape index (κ1) is 13.8. The van der Waals surface area contributed by atoms with Crippen LogP contribution in [-0.4, -0.2) is 46.1 Å². The van der Waals surface area contributed by atoms with Crippen LogP contribution in [0.3, 0.4) is 0 Å². The number of amidine groups is 1. The van der Waals surface area contributed by atoms with Crippen molar-refractivity contribution in [1.82, 2.24) is 4.90 Å². The van der Waals surface area contributed by atoms with E-state index < -0.39 is 12.0 Å². The van der Waals surface area contributed by atoms with Gasteiger partial charge < -0.3 is 20.9 Å². The van der Waals surface area contributed by atoms with Crippen LogP contribution in [-0.2, 0) is 4.79 Å². The summed E-state index contributed by atoms with van der Waals surface area (Å²) >= 11 is 0. The first-order valence-corrected chi connectivity index (χ1v) is 5.91. The zero-order chi connectivity index (χ0) is 13.0. The summed E-state index contributed by atoms with van der Waals surface area (Å²) in [6.07, 6.45) is 3.05. The molecular weight excluding hydrogens is 222 g/mol. The standard InChI is InChI=1S/C11H21N3O3/c1-7(10(12)13-17)11(16)14(2)8-5-3-4-6-9(8)15/h7-9,15,17H,3-6H2,1-2H3,(H2,12,13). The SMILES string of the molecule is CC(C(=O)N(C)C1CCCCC1O)C(N)=NO. The molecule has 0 aromatic heterocycles. The maximum Gasteiger partial charge on any atom is 0.233 e. The number of aliphatic hydroxyl groups excluding tert-OH is 1. The summed E-state index contributed by atoms with van der Waals surface area (Å²) in [5.74, 6) is -1.00. The molecule has 0 bridgehead atoms. The fourth-order valence-corrected chi connectivity index (χ4v) is 2.23. The lowest BCUT2D eigenvalue weighted by Gasteiger charge is -2.36. The van der Waals surface area contributed by atoms with E-state index >= 15 is 0 Å². The predicted molar refractivity (Wildman–Crippen MR) is 63.6 cm³/mol. The number of aliphatic hydroxyl groups is 1. The summed E-state index contributed by atoms with van der Waals surface area (Å²) in [4.78, 5) is 13.6. The second kappa shape index (κ2) is 5.86. The first-order valence-electron chi connectivity index (χ1n) is 5.91. The molecule has 1 aliphatic carbocycles. The second-order valence-electron chi connectivity index (χ2n) is 4.61. The Labute approximate surface area is 101 Å². The molecule has 0 radical (unpaired) electrons. The van der Waals surface area contributed by atoms with E-state index in [0.717, 1.165) is 25.7 Å². The van der Waals surface area contributed by atoms with Crippen LogP contribution < -0.4 is 5.73 Å². The molecule has 6 heteroatoms. The number of oxime groups is 1. The zero-order valence-corrected chi connectivity index (χ0v) is 10.3. The molecule has 0 heterocycles. The number of nitrogens with two attached hydrogens (primary N) is 1. The summed E-state index contributed by atoms with van der Waals surface area (Å²) in [6.45, 7) is 1.59. The molecule has 3 unspecified atom stereocenters. The van der Waals surface area contributed by atoms with Crippen LogP contribution in [0.4, 0.5) is 0 Å². The van der Waals surface area contributed by atoms with E-state index in [0.29, 0.717) is 0 Å². The third kappa shape index (κ3) is 3.09. The van der Waals surface area contributed by atoms with Gasteiger partial charge in [0.25, 0.3) is 0 Å². The van der Waals surface area contributed by atoms with Crippen LogP contribution in [0.1, 0.15) is 32.6 Å². The molecule has 3 atom stereocenters. The van der Waals surface area contributed by atoms with Gasteiger partial charge in [-0.3, -0.25) is 4.79 Å². The van der Waals surface area contributed by atoms with E-state index in [-0.39, 0.29) is 17.8 Å². The molecule has 0 aromatic rings. The molecule has 98 valence electrons. The van der Waals surface area contributed by atoms with Gasteiger partial charge in [-0.05, 0) is 19.8 Å². The average molecular weight is 243 g/mol. The highest BCUT2D eigenvalue weighted by Gasteiger charge is 2.32. The van der Waals surface area contributed by atoms with Gasteiger partial charge in [-0.1, -0.05) is 18.0 Å². The molecule has 0 aromatic carbocycles. The van der Waals surface area contributed by atoms with Crippen molar-refractivity contribution in [3.8, 4) is 0 Å². The number of nitrogens with zero attached hydrogens (tertiary/aromatic N) is 2. The minimum absolute atomic E-state index is 0.104. The molecule has 6 nitrogen and oxygen atoms in total. The van der Waals surface area contributed by atoms with Crippen LogP contribution in [0, 0.1) is 5.92 Å². The number of hydrogen-bond donors (Lipinski definition) is 3. The van der Waals surface area contributed by atoms with Gasteiger partial charge in [0.05, 0.1) is 18.1 Å².